The van der Waals surface area contributed by atoms with E-state index in [2.05, 4.69) is 31.2 Å². The number of rotatable bonds is 17. The summed E-state index contributed by atoms with van der Waals surface area (Å²) < 4.78 is 42.8. The van der Waals surface area contributed by atoms with Crippen LogP contribution in [0, 0.1) is 11.8 Å². The molecule has 8 nitrogen and oxygen atoms in total. The van der Waals surface area contributed by atoms with Crippen molar-refractivity contribution in [3.63, 3.8) is 0 Å². The lowest BCUT2D eigenvalue weighted by atomic mass is 9.89. The van der Waals surface area contributed by atoms with Crippen LogP contribution in [0.4, 0.5) is 0 Å². The summed E-state index contributed by atoms with van der Waals surface area (Å²) in [5, 5.41) is 0. The maximum atomic E-state index is 11.6. The van der Waals surface area contributed by atoms with E-state index in [1.54, 1.807) is 0 Å². The minimum Gasteiger partial charge on any atom is -0.469 e. The summed E-state index contributed by atoms with van der Waals surface area (Å²) in [6.07, 6.45) is 25.3. The molecule has 1 aliphatic carbocycles. The van der Waals surface area contributed by atoms with Crippen LogP contribution < -0.4 is 0 Å². The summed E-state index contributed by atoms with van der Waals surface area (Å²) in [4.78, 5) is 11.6. The maximum absolute atomic E-state index is 11.6. The standard InChI is InChI=1S/C35H58O8/c1-3-4-6-15-27(41-33-18-9-12-23-38-33)21-22-29-28(16-7-5-8-17-32(36)37-2)30(42-34-19-10-13-24-39-34)26-31(29)43-35-20-11-14-25-40-35/h5,7,21-22,27-31,33-35H,3-4,6,8-20,23-26H2,1-2H3/t27?,28-,29-,30+,31-,33+,34?,35?/m1/s1. The van der Waals surface area contributed by atoms with Crippen molar-refractivity contribution in [2.45, 2.75) is 153 Å². The van der Waals surface area contributed by atoms with E-state index < -0.39 is 0 Å². The third-order valence-corrected chi connectivity index (χ3v) is 9.22. The first-order valence-corrected chi connectivity index (χ1v) is 17.4. The Labute approximate surface area is 260 Å². The average Bonchev–Trinajstić information content (AvgIpc) is 3.35. The Morgan fingerprint density at radius 1 is 0.837 bits per heavy atom. The lowest BCUT2D eigenvalue weighted by molar-refractivity contribution is -0.203. The Kier molecular flexibility index (Phi) is 16.1. The molecule has 8 heteroatoms. The predicted octanol–water partition coefficient (Wildman–Crippen LogP) is 7.39. The van der Waals surface area contributed by atoms with Gasteiger partial charge in [-0.1, -0.05) is 50.5 Å². The van der Waals surface area contributed by atoms with Gasteiger partial charge >= 0.3 is 5.97 Å². The van der Waals surface area contributed by atoms with Gasteiger partial charge in [0.1, 0.15) is 0 Å². The van der Waals surface area contributed by atoms with E-state index in [9.17, 15) is 4.79 Å². The summed E-state index contributed by atoms with van der Waals surface area (Å²) in [6, 6.07) is 0. The van der Waals surface area contributed by atoms with E-state index in [0.717, 1.165) is 103 Å². The van der Waals surface area contributed by atoms with Gasteiger partial charge < -0.3 is 33.2 Å². The Bertz CT molecular complexity index is 813. The van der Waals surface area contributed by atoms with Gasteiger partial charge in [0.25, 0.3) is 0 Å². The molecule has 0 spiro atoms. The van der Waals surface area contributed by atoms with Gasteiger partial charge in [0, 0.05) is 38.6 Å². The van der Waals surface area contributed by atoms with Gasteiger partial charge in [-0.3, -0.25) is 4.79 Å². The third kappa shape index (κ3) is 12.2. The molecule has 4 fully saturated rings. The van der Waals surface area contributed by atoms with Crippen LogP contribution in [0.25, 0.3) is 0 Å². The molecule has 0 aromatic carbocycles. The van der Waals surface area contributed by atoms with Crippen molar-refractivity contribution >= 4 is 5.97 Å². The second-order valence-corrected chi connectivity index (χ2v) is 12.6. The van der Waals surface area contributed by atoms with Crippen molar-refractivity contribution in [3.8, 4) is 0 Å². The van der Waals surface area contributed by atoms with Gasteiger partial charge in [-0.15, -0.1) is 0 Å². The number of allylic oxidation sites excluding steroid dienone is 2. The van der Waals surface area contributed by atoms with Crippen LogP contribution in [0.15, 0.2) is 24.3 Å². The number of ether oxygens (including phenoxy) is 7. The number of carbonyl (C=O) groups excluding carboxylic acids is 1. The van der Waals surface area contributed by atoms with Crippen LogP contribution in [0.1, 0.15) is 116 Å². The molecule has 4 aliphatic rings. The number of carbonyl (C=O) groups is 1. The van der Waals surface area contributed by atoms with Crippen molar-refractivity contribution in [1.29, 1.82) is 0 Å². The zero-order valence-corrected chi connectivity index (χ0v) is 26.8. The van der Waals surface area contributed by atoms with E-state index >= 15 is 0 Å². The zero-order chi connectivity index (χ0) is 30.1. The number of methoxy groups -OCH3 is 1. The molecular formula is C35H58O8. The smallest absolute Gasteiger partial charge is 0.305 e. The molecule has 4 rings (SSSR count). The van der Waals surface area contributed by atoms with Crippen LogP contribution in [-0.2, 0) is 38.0 Å². The highest BCUT2D eigenvalue weighted by atomic mass is 16.7. The van der Waals surface area contributed by atoms with Gasteiger partial charge in [0.05, 0.1) is 25.4 Å². The fraction of sp³-hybridized carbons (Fsp3) is 0.857. The van der Waals surface area contributed by atoms with E-state index in [0.29, 0.717) is 12.8 Å². The molecule has 3 saturated heterocycles. The molecule has 0 aromatic rings. The molecule has 0 amide bonds. The highest BCUT2D eigenvalue weighted by molar-refractivity contribution is 5.69. The predicted molar refractivity (Wildman–Crippen MR) is 165 cm³/mol. The number of unbranched alkanes of at least 4 members (excludes halogenated alkanes) is 2. The first-order chi connectivity index (χ1) is 21.2. The fourth-order valence-corrected chi connectivity index (χ4v) is 6.73. The molecule has 43 heavy (non-hydrogen) atoms. The minimum atomic E-state index is -0.181. The zero-order valence-electron chi connectivity index (χ0n) is 26.8. The fourth-order valence-electron chi connectivity index (χ4n) is 6.73. The molecule has 0 aromatic heterocycles. The summed E-state index contributed by atoms with van der Waals surface area (Å²) >= 11 is 0. The first-order valence-electron chi connectivity index (χ1n) is 17.4. The number of hydrogen-bond acceptors (Lipinski definition) is 8. The van der Waals surface area contributed by atoms with Crippen molar-refractivity contribution in [3.05, 3.63) is 24.3 Å². The van der Waals surface area contributed by atoms with Crippen LogP contribution in [0.2, 0.25) is 0 Å². The van der Waals surface area contributed by atoms with Crippen molar-refractivity contribution < 1.29 is 38.0 Å². The Morgan fingerprint density at radius 3 is 2.09 bits per heavy atom. The van der Waals surface area contributed by atoms with Crippen molar-refractivity contribution in [1.82, 2.24) is 0 Å². The lowest BCUT2D eigenvalue weighted by Gasteiger charge is -2.30. The van der Waals surface area contributed by atoms with E-state index in [1.165, 1.54) is 20.0 Å². The van der Waals surface area contributed by atoms with Gasteiger partial charge in [-0.05, 0) is 83.0 Å². The molecule has 0 bridgehead atoms. The van der Waals surface area contributed by atoms with Crippen LogP contribution in [0.5, 0.6) is 0 Å². The molecule has 8 atom stereocenters. The van der Waals surface area contributed by atoms with E-state index in [-0.39, 0.29) is 55.0 Å². The Balaban J connectivity index is 1.51. The molecule has 3 unspecified atom stereocenters. The highest BCUT2D eigenvalue weighted by Crippen LogP contribution is 2.42. The monoisotopic (exact) mass is 606 g/mol. The lowest BCUT2D eigenvalue weighted by Crippen LogP contribution is -2.31. The molecular weight excluding hydrogens is 548 g/mol. The summed E-state index contributed by atoms with van der Waals surface area (Å²) in [5.74, 6) is 0.180. The molecule has 246 valence electrons. The quantitative estimate of drug-likeness (QED) is 0.0963. The highest BCUT2D eigenvalue weighted by Gasteiger charge is 2.45. The maximum Gasteiger partial charge on any atom is 0.305 e. The molecule has 0 N–H and O–H groups in total. The third-order valence-electron chi connectivity index (χ3n) is 9.22. The molecule has 3 heterocycles. The van der Waals surface area contributed by atoms with Crippen LogP contribution in [-0.4, -0.2) is 70.1 Å². The van der Waals surface area contributed by atoms with Crippen LogP contribution >= 0.6 is 0 Å². The SMILES string of the molecule is CCCCCC(C=C[C@@H]1[C@@H](CC=CCCC(=O)OC)[C@@H](OC2CCCCO2)C[C@H]1OC1CCCCO1)O[C@H]1CCCCO1. The van der Waals surface area contributed by atoms with Gasteiger partial charge in [-0.2, -0.15) is 0 Å². The Hall–Kier alpha value is -1.29. The largest absolute Gasteiger partial charge is 0.469 e. The first kappa shape index (κ1) is 34.6. The van der Waals surface area contributed by atoms with Crippen LogP contribution in [0.3, 0.4) is 0 Å². The Morgan fingerprint density at radius 2 is 1.49 bits per heavy atom. The molecule has 3 aliphatic heterocycles. The topological polar surface area (TPSA) is 81.7 Å². The second kappa shape index (κ2) is 20.0. The van der Waals surface area contributed by atoms with Gasteiger partial charge in [0.2, 0.25) is 0 Å². The van der Waals surface area contributed by atoms with Gasteiger partial charge in [-0.25, -0.2) is 0 Å². The van der Waals surface area contributed by atoms with Gasteiger partial charge in [0.15, 0.2) is 18.9 Å². The summed E-state index contributed by atoms with van der Waals surface area (Å²) in [7, 11) is 1.44. The van der Waals surface area contributed by atoms with E-state index in [4.69, 9.17) is 33.2 Å². The normalized spacial score (nSPS) is 32.8. The summed E-state index contributed by atoms with van der Waals surface area (Å²) in [6.45, 7) is 4.54. The minimum absolute atomic E-state index is 0.0105. The van der Waals surface area contributed by atoms with Crippen molar-refractivity contribution in [2.24, 2.45) is 11.8 Å². The number of esters is 1. The molecule has 1 saturated carbocycles. The van der Waals surface area contributed by atoms with Crippen molar-refractivity contribution in [2.75, 3.05) is 26.9 Å². The average molecular weight is 607 g/mol. The summed E-state index contributed by atoms with van der Waals surface area (Å²) in [5.41, 5.74) is 0. The molecule has 0 radical (unpaired) electrons. The van der Waals surface area contributed by atoms with E-state index in [1.807, 2.05) is 0 Å². The second-order valence-electron chi connectivity index (χ2n) is 12.6. The number of hydrogen-bond donors (Lipinski definition) is 0.